The van der Waals surface area contributed by atoms with Gasteiger partial charge in [-0.25, -0.2) is 0 Å². The minimum Gasteiger partial charge on any atom is -0.481 e. The van der Waals surface area contributed by atoms with Gasteiger partial charge in [0.1, 0.15) is 0 Å². The van der Waals surface area contributed by atoms with E-state index < -0.39 is 11.4 Å². The first-order valence-corrected chi connectivity index (χ1v) is 11.9. The maximum Gasteiger partial charge on any atom is 0.314 e. The summed E-state index contributed by atoms with van der Waals surface area (Å²) in [6.45, 7) is 6.25. The fourth-order valence-corrected chi connectivity index (χ4v) is 4.59. The van der Waals surface area contributed by atoms with E-state index in [1.807, 2.05) is 67.7 Å². The van der Waals surface area contributed by atoms with Crippen LogP contribution in [-0.2, 0) is 23.7 Å². The van der Waals surface area contributed by atoms with Crippen molar-refractivity contribution in [2.75, 3.05) is 0 Å². The van der Waals surface area contributed by atoms with Crippen LogP contribution >= 0.6 is 0 Å². The minimum absolute atomic E-state index is 0.319. The summed E-state index contributed by atoms with van der Waals surface area (Å²) in [7, 11) is 1.93. The second-order valence-corrected chi connectivity index (χ2v) is 9.74. The zero-order chi connectivity index (χ0) is 24.7. The molecule has 1 aliphatic carbocycles. The number of carboxylic acids is 1. The monoisotopic (exact) mass is 467 g/mol. The zero-order valence-electron chi connectivity index (χ0n) is 20.5. The second kappa shape index (κ2) is 8.73. The molecule has 1 saturated carbocycles. The average Bonchev–Trinajstić information content (AvgIpc) is 3.59. The van der Waals surface area contributed by atoms with Gasteiger partial charge < -0.3 is 5.11 Å². The molecule has 0 unspecified atom stereocenters. The zero-order valence-corrected chi connectivity index (χ0v) is 20.5. The molecule has 0 spiro atoms. The van der Waals surface area contributed by atoms with Gasteiger partial charge in [0.2, 0.25) is 0 Å². The quantitative estimate of drug-likeness (QED) is 0.407. The van der Waals surface area contributed by atoms with E-state index in [4.69, 9.17) is 9.97 Å². The summed E-state index contributed by atoms with van der Waals surface area (Å²) in [6.07, 6.45) is 9.38. The van der Waals surface area contributed by atoms with Crippen molar-refractivity contribution in [2.45, 2.75) is 51.4 Å². The van der Waals surface area contributed by atoms with E-state index in [2.05, 4.69) is 30.0 Å². The predicted molar refractivity (Wildman–Crippen MR) is 134 cm³/mol. The summed E-state index contributed by atoms with van der Waals surface area (Å²) in [5.74, 6) is -0.413. The van der Waals surface area contributed by atoms with Crippen LogP contribution in [0.5, 0.6) is 0 Å². The fraction of sp³-hybridized carbons (Fsp3) is 0.321. The maximum atomic E-state index is 11.7. The van der Waals surface area contributed by atoms with Crippen molar-refractivity contribution in [3.05, 3.63) is 83.3 Å². The summed E-state index contributed by atoms with van der Waals surface area (Å²) in [5, 5.41) is 14.1. The fourth-order valence-electron chi connectivity index (χ4n) is 4.59. The first-order chi connectivity index (χ1) is 16.8. The Bertz CT molecular complexity index is 1400. The number of rotatable bonds is 7. The molecule has 0 radical (unpaired) electrons. The van der Waals surface area contributed by atoms with Gasteiger partial charge in [0.05, 0.1) is 34.4 Å². The Labute approximate surface area is 204 Å². The molecular formula is C28H29N5O2. The molecule has 1 fully saturated rings. The maximum absolute atomic E-state index is 11.7. The number of carboxylic acid groups (broad SMARTS) is 1. The van der Waals surface area contributed by atoms with Crippen molar-refractivity contribution in [3.63, 3.8) is 0 Å². The molecule has 178 valence electrons. The van der Waals surface area contributed by atoms with Crippen LogP contribution in [0.2, 0.25) is 0 Å². The van der Waals surface area contributed by atoms with Gasteiger partial charge in [-0.15, -0.1) is 0 Å². The molecular weight excluding hydrogens is 438 g/mol. The number of nitrogens with zero attached hydrogens (tertiary/aromatic N) is 5. The third-order valence-corrected chi connectivity index (χ3v) is 6.99. The van der Waals surface area contributed by atoms with Gasteiger partial charge in [-0.2, -0.15) is 5.10 Å². The van der Waals surface area contributed by atoms with E-state index in [9.17, 15) is 9.90 Å². The lowest BCUT2D eigenvalue weighted by molar-refractivity contribution is -0.140. The van der Waals surface area contributed by atoms with Gasteiger partial charge in [-0.1, -0.05) is 38.1 Å². The first-order valence-electron chi connectivity index (χ1n) is 11.9. The van der Waals surface area contributed by atoms with Gasteiger partial charge in [-0.05, 0) is 48.4 Å². The largest absolute Gasteiger partial charge is 0.481 e. The summed E-state index contributed by atoms with van der Waals surface area (Å²) in [6, 6.07) is 10.0. The lowest BCUT2D eigenvalue weighted by Crippen LogP contribution is -2.19. The Morgan fingerprint density at radius 3 is 2.51 bits per heavy atom. The third kappa shape index (κ3) is 4.22. The topological polar surface area (TPSA) is 93.8 Å². The van der Waals surface area contributed by atoms with Crippen molar-refractivity contribution in [1.29, 1.82) is 0 Å². The second-order valence-electron chi connectivity index (χ2n) is 9.74. The van der Waals surface area contributed by atoms with Gasteiger partial charge in [-0.3, -0.25) is 24.4 Å². The summed E-state index contributed by atoms with van der Waals surface area (Å²) in [5.41, 5.74) is 8.04. The van der Waals surface area contributed by atoms with E-state index in [-0.39, 0.29) is 0 Å². The predicted octanol–water partition coefficient (Wildman–Crippen LogP) is 5.08. The molecule has 7 heteroatoms. The van der Waals surface area contributed by atoms with Crippen LogP contribution in [0.1, 0.15) is 60.8 Å². The molecule has 0 atom stereocenters. The lowest BCUT2D eigenvalue weighted by Gasteiger charge is -2.14. The van der Waals surface area contributed by atoms with E-state index in [0.29, 0.717) is 25.2 Å². The lowest BCUT2D eigenvalue weighted by atomic mass is 9.91. The summed E-state index contributed by atoms with van der Waals surface area (Å²) >= 11 is 0. The molecule has 1 aliphatic rings. The van der Waals surface area contributed by atoms with Crippen molar-refractivity contribution in [3.8, 4) is 22.4 Å². The molecule has 3 aromatic heterocycles. The Balaban J connectivity index is 1.41. The number of carbonyl (C=O) groups is 1. The van der Waals surface area contributed by atoms with Crippen LogP contribution < -0.4 is 0 Å². The Hall–Kier alpha value is -3.87. The van der Waals surface area contributed by atoms with Crippen LogP contribution in [0.4, 0.5) is 0 Å². The standard InChI is InChI=1S/C28H29N5O2/c1-17(2)25-16-29-14-21(32-25)12-26-23(15-31-33(26)4)24-8-5-19(13-30-24)22-7-6-20(11-18(22)3)28(9-10-28)27(34)35/h5-8,11,13-17H,9-10,12H2,1-4H3,(H,34,35). The van der Waals surface area contributed by atoms with Crippen LogP contribution in [0.25, 0.3) is 22.4 Å². The van der Waals surface area contributed by atoms with Gasteiger partial charge in [0.15, 0.2) is 0 Å². The highest BCUT2D eigenvalue weighted by atomic mass is 16.4. The number of aliphatic carboxylic acids is 1. The number of aromatic nitrogens is 5. The van der Waals surface area contributed by atoms with Crippen LogP contribution in [-0.4, -0.2) is 35.8 Å². The molecule has 35 heavy (non-hydrogen) atoms. The Morgan fingerprint density at radius 2 is 1.89 bits per heavy atom. The Kier molecular flexibility index (Phi) is 5.71. The number of aryl methyl sites for hydroxylation is 2. The smallest absolute Gasteiger partial charge is 0.314 e. The summed E-state index contributed by atoms with van der Waals surface area (Å²) < 4.78 is 1.87. The molecule has 5 rings (SSSR count). The van der Waals surface area contributed by atoms with Crippen LogP contribution in [0.15, 0.2) is 55.1 Å². The number of hydrogen-bond donors (Lipinski definition) is 1. The number of hydrogen-bond acceptors (Lipinski definition) is 5. The molecule has 4 aromatic rings. The highest BCUT2D eigenvalue weighted by Gasteiger charge is 2.51. The molecule has 3 heterocycles. The van der Waals surface area contributed by atoms with Crippen molar-refractivity contribution >= 4 is 5.97 Å². The van der Waals surface area contributed by atoms with E-state index in [1.54, 1.807) is 0 Å². The molecule has 1 N–H and O–H groups in total. The normalized spacial score (nSPS) is 14.3. The third-order valence-electron chi connectivity index (χ3n) is 6.99. The van der Waals surface area contributed by atoms with Gasteiger partial charge in [0.25, 0.3) is 0 Å². The molecule has 1 aromatic carbocycles. The number of pyridine rings is 1. The van der Waals surface area contributed by atoms with Crippen molar-refractivity contribution in [2.24, 2.45) is 7.05 Å². The van der Waals surface area contributed by atoms with Crippen molar-refractivity contribution < 1.29 is 9.90 Å². The van der Waals surface area contributed by atoms with Crippen LogP contribution in [0, 0.1) is 6.92 Å². The minimum atomic E-state index is -0.732. The molecule has 0 bridgehead atoms. The average molecular weight is 468 g/mol. The first kappa shape index (κ1) is 22.9. The van der Waals surface area contributed by atoms with Gasteiger partial charge >= 0.3 is 5.97 Å². The summed E-state index contributed by atoms with van der Waals surface area (Å²) in [4.78, 5) is 25.6. The Morgan fingerprint density at radius 1 is 1.09 bits per heavy atom. The van der Waals surface area contributed by atoms with E-state index in [1.165, 1.54) is 0 Å². The van der Waals surface area contributed by atoms with E-state index >= 15 is 0 Å². The molecule has 0 saturated heterocycles. The van der Waals surface area contributed by atoms with Crippen LogP contribution in [0.3, 0.4) is 0 Å². The van der Waals surface area contributed by atoms with Gasteiger partial charge in [0, 0.05) is 43.2 Å². The SMILES string of the molecule is Cc1cc(C2(C(=O)O)CC2)ccc1-c1ccc(-c2cnn(C)c2Cc2cncc(C(C)C)n2)nc1. The molecule has 0 aliphatic heterocycles. The van der Waals surface area contributed by atoms with Crippen molar-refractivity contribution in [1.82, 2.24) is 24.7 Å². The highest BCUT2D eigenvalue weighted by molar-refractivity contribution is 5.85. The number of benzene rings is 1. The molecule has 0 amide bonds. The van der Waals surface area contributed by atoms with E-state index in [0.717, 1.165) is 50.6 Å². The highest BCUT2D eigenvalue weighted by Crippen LogP contribution is 2.49. The molecule has 7 nitrogen and oxygen atoms in total.